The number of hydrogen-bond acceptors (Lipinski definition) is 2. The van der Waals surface area contributed by atoms with E-state index in [2.05, 4.69) is 5.32 Å². The lowest BCUT2D eigenvalue weighted by atomic mass is 10.2. The first-order chi connectivity index (χ1) is 4.68. The van der Waals surface area contributed by atoms with Crippen LogP contribution in [0, 0.1) is 11.3 Å². The van der Waals surface area contributed by atoms with Gasteiger partial charge in [0.1, 0.15) is 0 Å². The van der Waals surface area contributed by atoms with Crippen LogP contribution in [0.3, 0.4) is 0 Å². The molecule has 0 radical (unpaired) electrons. The van der Waals surface area contributed by atoms with Crippen LogP contribution in [0.15, 0.2) is 0 Å². The molecule has 0 spiro atoms. The Hall–Kier alpha value is -1.24. The third-order valence-corrected chi connectivity index (χ3v) is 1.64. The summed E-state index contributed by atoms with van der Waals surface area (Å²) < 4.78 is 0. The van der Waals surface area contributed by atoms with E-state index in [1.165, 1.54) is 0 Å². The molecule has 0 heterocycles. The van der Waals surface area contributed by atoms with Crippen LogP contribution in [0.4, 0.5) is 4.79 Å². The van der Waals surface area contributed by atoms with E-state index in [1.54, 1.807) is 0 Å². The second-order valence-electron chi connectivity index (χ2n) is 2.55. The summed E-state index contributed by atoms with van der Waals surface area (Å²) in [7, 11) is 0. The highest BCUT2D eigenvalue weighted by atomic mass is 16.4. The van der Waals surface area contributed by atoms with Crippen LogP contribution in [0.25, 0.3) is 0 Å². The third kappa shape index (κ3) is 1.38. The normalized spacial score (nSPS) is 19.1. The second-order valence-corrected chi connectivity index (χ2v) is 2.55. The minimum absolute atomic E-state index is 0.291. The van der Waals surface area contributed by atoms with E-state index in [-0.39, 0.29) is 5.54 Å². The lowest BCUT2D eigenvalue weighted by Crippen LogP contribution is -2.35. The minimum atomic E-state index is -1.03. The summed E-state index contributed by atoms with van der Waals surface area (Å²) in [6.07, 6.45) is 0.853. The molecule has 1 rings (SSSR count). The van der Waals surface area contributed by atoms with Crippen LogP contribution < -0.4 is 5.32 Å². The topological polar surface area (TPSA) is 73.1 Å². The molecule has 0 unspecified atom stereocenters. The average molecular weight is 140 g/mol. The summed E-state index contributed by atoms with van der Waals surface area (Å²) in [5.41, 5.74) is -0.388. The molecule has 0 bridgehead atoms. The molecule has 1 saturated carbocycles. The molecule has 1 aliphatic carbocycles. The monoisotopic (exact) mass is 140 g/mol. The van der Waals surface area contributed by atoms with Gasteiger partial charge in [-0.05, 0) is 12.8 Å². The van der Waals surface area contributed by atoms with Crippen molar-refractivity contribution in [3.8, 4) is 6.07 Å². The van der Waals surface area contributed by atoms with Gasteiger partial charge in [-0.25, -0.2) is 4.79 Å². The van der Waals surface area contributed by atoms with Gasteiger partial charge in [0.15, 0.2) is 0 Å². The Morgan fingerprint density at radius 3 is 2.70 bits per heavy atom. The van der Waals surface area contributed by atoms with Gasteiger partial charge in [0.25, 0.3) is 0 Å². The second kappa shape index (κ2) is 2.18. The van der Waals surface area contributed by atoms with Crippen molar-refractivity contribution in [2.24, 2.45) is 0 Å². The summed E-state index contributed by atoms with van der Waals surface area (Å²) >= 11 is 0. The fourth-order valence-electron chi connectivity index (χ4n) is 0.875. The predicted octanol–water partition coefficient (Wildman–Crippen LogP) is 0.700. The summed E-state index contributed by atoms with van der Waals surface area (Å²) in [6, 6.07) is 1.95. The first-order valence-electron chi connectivity index (χ1n) is 3.07. The first-order valence-corrected chi connectivity index (χ1v) is 3.07. The Morgan fingerprint density at radius 1 is 1.80 bits per heavy atom. The molecule has 0 aliphatic heterocycles. The number of carboxylic acid groups (broad SMARTS) is 1. The maximum Gasteiger partial charge on any atom is 0.405 e. The quantitative estimate of drug-likeness (QED) is 0.593. The van der Waals surface area contributed by atoms with Crippen LogP contribution >= 0.6 is 0 Å². The van der Waals surface area contributed by atoms with Crippen LogP contribution in [-0.2, 0) is 0 Å². The van der Waals surface area contributed by atoms with Gasteiger partial charge in [0, 0.05) is 0 Å². The largest absolute Gasteiger partial charge is 0.465 e. The van der Waals surface area contributed by atoms with Gasteiger partial charge in [0.2, 0.25) is 0 Å². The molecule has 1 amide bonds. The van der Waals surface area contributed by atoms with Crippen molar-refractivity contribution in [2.45, 2.75) is 24.8 Å². The van der Waals surface area contributed by atoms with Gasteiger partial charge in [-0.1, -0.05) is 0 Å². The Kier molecular flexibility index (Phi) is 1.50. The van der Waals surface area contributed by atoms with E-state index in [0.29, 0.717) is 6.42 Å². The van der Waals surface area contributed by atoms with Crippen molar-refractivity contribution in [1.29, 1.82) is 5.26 Å². The molecule has 0 atom stereocenters. The molecule has 0 aromatic rings. The van der Waals surface area contributed by atoms with E-state index in [4.69, 9.17) is 10.4 Å². The maximum absolute atomic E-state index is 10.1. The Labute approximate surface area is 58.5 Å². The average Bonchev–Trinajstić information content (AvgIpc) is 2.47. The number of nitrogens with one attached hydrogen (secondary N) is 1. The Morgan fingerprint density at radius 2 is 2.40 bits per heavy atom. The van der Waals surface area contributed by atoms with Crippen LogP contribution in [0.5, 0.6) is 0 Å². The summed E-state index contributed by atoms with van der Waals surface area (Å²) in [4.78, 5) is 10.1. The van der Waals surface area contributed by atoms with Crippen molar-refractivity contribution in [2.75, 3.05) is 0 Å². The van der Waals surface area contributed by atoms with Gasteiger partial charge in [-0.3, -0.25) is 0 Å². The molecule has 0 aromatic carbocycles. The summed E-state index contributed by atoms with van der Waals surface area (Å²) in [5, 5.41) is 18.9. The predicted molar refractivity (Wildman–Crippen MR) is 33.4 cm³/mol. The lowest BCUT2D eigenvalue weighted by Gasteiger charge is -2.08. The summed E-state index contributed by atoms with van der Waals surface area (Å²) in [6.45, 7) is 0. The van der Waals surface area contributed by atoms with Crippen LogP contribution in [0.1, 0.15) is 19.3 Å². The molecule has 4 nitrogen and oxygen atoms in total. The maximum atomic E-state index is 10.1. The van der Waals surface area contributed by atoms with E-state index in [1.807, 2.05) is 6.07 Å². The number of rotatable bonds is 2. The minimum Gasteiger partial charge on any atom is -0.465 e. The fraction of sp³-hybridized carbons (Fsp3) is 0.667. The van der Waals surface area contributed by atoms with Gasteiger partial charge in [0.05, 0.1) is 18.0 Å². The van der Waals surface area contributed by atoms with Crippen molar-refractivity contribution in [1.82, 2.24) is 5.32 Å². The van der Waals surface area contributed by atoms with Gasteiger partial charge in [-0.2, -0.15) is 5.26 Å². The van der Waals surface area contributed by atoms with Crippen molar-refractivity contribution < 1.29 is 9.90 Å². The van der Waals surface area contributed by atoms with E-state index in [0.717, 1.165) is 12.8 Å². The third-order valence-electron chi connectivity index (χ3n) is 1.64. The number of carbonyl (C=O) groups is 1. The Bertz CT molecular complexity index is 190. The van der Waals surface area contributed by atoms with Gasteiger partial charge >= 0.3 is 6.09 Å². The molecular formula is C6H8N2O2. The summed E-state index contributed by atoms with van der Waals surface area (Å²) in [5.74, 6) is 0. The fourth-order valence-corrected chi connectivity index (χ4v) is 0.875. The molecule has 0 aromatic heterocycles. The highest BCUT2D eigenvalue weighted by molar-refractivity contribution is 5.66. The number of amides is 1. The van der Waals surface area contributed by atoms with Crippen LogP contribution in [-0.4, -0.2) is 16.7 Å². The lowest BCUT2D eigenvalue weighted by molar-refractivity contribution is 0.188. The number of hydrogen-bond donors (Lipinski definition) is 2. The zero-order valence-electron chi connectivity index (χ0n) is 5.42. The van der Waals surface area contributed by atoms with E-state index >= 15 is 0 Å². The molecular weight excluding hydrogens is 132 g/mol. The van der Waals surface area contributed by atoms with E-state index < -0.39 is 6.09 Å². The molecule has 10 heavy (non-hydrogen) atoms. The van der Waals surface area contributed by atoms with Crippen molar-refractivity contribution >= 4 is 6.09 Å². The molecule has 54 valence electrons. The first kappa shape index (κ1) is 6.87. The standard InChI is InChI=1S/C6H8N2O2/c7-4-3-6(1-2-6)8-5(9)10/h8H,1-3H2,(H,9,10). The van der Waals surface area contributed by atoms with Crippen molar-refractivity contribution in [3.05, 3.63) is 0 Å². The molecule has 1 fully saturated rings. The number of nitrogens with zero attached hydrogens (tertiary/aromatic N) is 1. The highest BCUT2D eigenvalue weighted by Gasteiger charge is 2.43. The zero-order valence-corrected chi connectivity index (χ0v) is 5.42. The highest BCUT2D eigenvalue weighted by Crippen LogP contribution is 2.38. The van der Waals surface area contributed by atoms with Crippen molar-refractivity contribution in [3.63, 3.8) is 0 Å². The van der Waals surface area contributed by atoms with E-state index in [9.17, 15) is 4.79 Å². The molecule has 4 heteroatoms. The smallest absolute Gasteiger partial charge is 0.405 e. The SMILES string of the molecule is N#CCC1(NC(=O)O)CC1. The molecule has 2 N–H and O–H groups in total. The number of nitriles is 1. The zero-order chi connectivity index (χ0) is 7.61. The van der Waals surface area contributed by atoms with Gasteiger partial charge in [-0.15, -0.1) is 0 Å². The Balaban J connectivity index is 2.39. The molecule has 1 aliphatic rings. The van der Waals surface area contributed by atoms with Gasteiger partial charge < -0.3 is 10.4 Å². The molecule has 0 saturated heterocycles. The van der Waals surface area contributed by atoms with Crippen LogP contribution in [0.2, 0.25) is 0 Å².